The molecule has 0 aromatic carbocycles. The minimum atomic E-state index is -0.706. The van der Waals surface area contributed by atoms with Crippen molar-refractivity contribution in [1.29, 1.82) is 0 Å². The lowest BCUT2D eigenvalue weighted by molar-refractivity contribution is -0.183. The molecular formula is C15H22O5. The van der Waals surface area contributed by atoms with Crippen molar-refractivity contribution in [3.8, 4) is 0 Å². The van der Waals surface area contributed by atoms with Gasteiger partial charge in [-0.05, 0) is 23.5 Å². The third-order valence-corrected chi connectivity index (χ3v) is 3.81. The van der Waals surface area contributed by atoms with Crippen LogP contribution < -0.4 is 0 Å². The van der Waals surface area contributed by atoms with Crippen molar-refractivity contribution in [3.05, 3.63) is 23.5 Å². The van der Waals surface area contributed by atoms with Gasteiger partial charge in [0.05, 0.1) is 25.4 Å². The molecule has 3 unspecified atom stereocenters. The third kappa shape index (κ3) is 3.04. The van der Waals surface area contributed by atoms with E-state index in [1.54, 1.807) is 0 Å². The Kier molecular flexibility index (Phi) is 4.83. The molecule has 0 bridgehead atoms. The molecule has 1 aliphatic carbocycles. The van der Waals surface area contributed by atoms with Gasteiger partial charge in [-0.2, -0.15) is 0 Å². The molecule has 1 heterocycles. The highest BCUT2D eigenvalue weighted by Crippen LogP contribution is 2.43. The molecule has 2 rings (SSSR count). The van der Waals surface area contributed by atoms with Crippen LogP contribution in [-0.2, 0) is 14.3 Å². The molecule has 0 fully saturated rings. The number of rotatable bonds is 5. The SMILES string of the molecule is CC(C)CC(=O)OC1OC=C(CO)C2CC=C(CO)C12. The van der Waals surface area contributed by atoms with Gasteiger partial charge in [0.1, 0.15) is 0 Å². The molecule has 0 saturated heterocycles. The first kappa shape index (κ1) is 15.1. The predicted octanol–water partition coefficient (Wildman–Crippen LogP) is 1.36. The van der Waals surface area contributed by atoms with Crippen molar-refractivity contribution in [2.45, 2.75) is 33.0 Å². The van der Waals surface area contributed by atoms with E-state index in [9.17, 15) is 15.0 Å². The first-order valence-corrected chi connectivity index (χ1v) is 7.01. The average molecular weight is 282 g/mol. The van der Waals surface area contributed by atoms with E-state index in [-0.39, 0.29) is 36.9 Å². The standard InChI is InChI=1S/C15H22O5/c1-9(2)5-13(18)20-15-14-10(6-16)3-4-12(14)11(7-17)8-19-15/h3,8-9,12,14-17H,4-7H2,1-2H3. The predicted molar refractivity (Wildman–Crippen MR) is 72.4 cm³/mol. The van der Waals surface area contributed by atoms with Crippen LogP contribution in [0.5, 0.6) is 0 Å². The fourth-order valence-electron chi connectivity index (χ4n) is 2.83. The zero-order chi connectivity index (χ0) is 14.7. The Balaban J connectivity index is 2.10. The summed E-state index contributed by atoms with van der Waals surface area (Å²) in [4.78, 5) is 11.8. The number of esters is 1. The summed E-state index contributed by atoms with van der Waals surface area (Å²) in [5, 5.41) is 18.8. The Morgan fingerprint density at radius 3 is 2.70 bits per heavy atom. The van der Waals surface area contributed by atoms with E-state index in [2.05, 4.69) is 0 Å². The minimum Gasteiger partial charge on any atom is -0.462 e. The highest BCUT2D eigenvalue weighted by molar-refractivity contribution is 5.69. The second-order valence-corrected chi connectivity index (χ2v) is 5.75. The van der Waals surface area contributed by atoms with Crippen LogP contribution in [0.1, 0.15) is 26.7 Å². The Morgan fingerprint density at radius 2 is 2.10 bits per heavy atom. The van der Waals surface area contributed by atoms with E-state index < -0.39 is 6.29 Å². The van der Waals surface area contributed by atoms with Crippen LogP contribution in [-0.4, -0.2) is 35.7 Å². The van der Waals surface area contributed by atoms with Gasteiger partial charge in [0.2, 0.25) is 6.29 Å². The van der Waals surface area contributed by atoms with Gasteiger partial charge in [-0.3, -0.25) is 4.79 Å². The number of carbonyl (C=O) groups excluding carboxylic acids is 1. The van der Waals surface area contributed by atoms with E-state index in [0.29, 0.717) is 6.42 Å². The molecule has 0 radical (unpaired) electrons. The van der Waals surface area contributed by atoms with Gasteiger partial charge in [-0.25, -0.2) is 0 Å². The summed E-state index contributed by atoms with van der Waals surface area (Å²) in [6.45, 7) is 3.73. The number of aliphatic hydroxyl groups excluding tert-OH is 2. The van der Waals surface area contributed by atoms with E-state index in [4.69, 9.17) is 9.47 Å². The van der Waals surface area contributed by atoms with E-state index in [0.717, 1.165) is 17.6 Å². The van der Waals surface area contributed by atoms with E-state index >= 15 is 0 Å². The van der Waals surface area contributed by atoms with Crippen molar-refractivity contribution in [2.75, 3.05) is 13.2 Å². The molecular weight excluding hydrogens is 260 g/mol. The first-order valence-electron chi connectivity index (χ1n) is 7.01. The van der Waals surface area contributed by atoms with Crippen molar-refractivity contribution in [2.24, 2.45) is 17.8 Å². The summed E-state index contributed by atoms with van der Waals surface area (Å²) < 4.78 is 10.9. The van der Waals surface area contributed by atoms with Gasteiger partial charge >= 0.3 is 5.97 Å². The quantitative estimate of drug-likeness (QED) is 0.588. The number of hydrogen-bond donors (Lipinski definition) is 2. The first-order chi connectivity index (χ1) is 9.56. The van der Waals surface area contributed by atoms with Crippen LogP contribution in [0.2, 0.25) is 0 Å². The number of allylic oxidation sites excluding steroid dienone is 1. The van der Waals surface area contributed by atoms with Crippen molar-refractivity contribution in [1.82, 2.24) is 0 Å². The lowest BCUT2D eigenvalue weighted by Gasteiger charge is -2.34. The van der Waals surface area contributed by atoms with Crippen molar-refractivity contribution < 1.29 is 24.5 Å². The molecule has 5 nitrogen and oxygen atoms in total. The molecule has 0 spiro atoms. The Bertz CT molecular complexity index is 424. The second kappa shape index (κ2) is 6.41. The maximum atomic E-state index is 11.8. The van der Waals surface area contributed by atoms with Crippen LogP contribution in [0.3, 0.4) is 0 Å². The van der Waals surface area contributed by atoms with Gasteiger partial charge in [0, 0.05) is 12.3 Å². The molecule has 2 aliphatic rings. The summed E-state index contributed by atoms with van der Waals surface area (Å²) in [5.74, 6) is -0.216. The van der Waals surface area contributed by atoms with Crippen LogP contribution in [0.15, 0.2) is 23.5 Å². The van der Waals surface area contributed by atoms with E-state index in [1.807, 2.05) is 19.9 Å². The largest absolute Gasteiger partial charge is 0.462 e. The van der Waals surface area contributed by atoms with Crippen LogP contribution >= 0.6 is 0 Å². The maximum Gasteiger partial charge on any atom is 0.309 e. The van der Waals surface area contributed by atoms with Crippen molar-refractivity contribution in [3.63, 3.8) is 0 Å². The van der Waals surface area contributed by atoms with Crippen LogP contribution in [0, 0.1) is 17.8 Å². The molecule has 5 heteroatoms. The summed E-state index contributed by atoms with van der Waals surface area (Å²) in [5.41, 5.74) is 1.60. The molecule has 2 N–H and O–H groups in total. The third-order valence-electron chi connectivity index (χ3n) is 3.81. The number of ether oxygens (including phenoxy) is 2. The average Bonchev–Trinajstić information content (AvgIpc) is 2.82. The summed E-state index contributed by atoms with van der Waals surface area (Å²) in [6, 6.07) is 0. The molecule has 1 aliphatic heterocycles. The van der Waals surface area contributed by atoms with Gasteiger partial charge in [0.25, 0.3) is 0 Å². The van der Waals surface area contributed by atoms with Gasteiger partial charge in [-0.1, -0.05) is 19.9 Å². The van der Waals surface area contributed by atoms with Gasteiger partial charge in [-0.15, -0.1) is 0 Å². The number of fused-ring (bicyclic) bond motifs is 1. The number of carbonyl (C=O) groups is 1. The molecule has 112 valence electrons. The molecule has 0 aromatic rings. The summed E-state index contributed by atoms with van der Waals surface area (Å²) in [6.07, 6.45) is 3.79. The van der Waals surface area contributed by atoms with Crippen molar-refractivity contribution >= 4 is 5.97 Å². The molecule has 20 heavy (non-hydrogen) atoms. The highest BCUT2D eigenvalue weighted by Gasteiger charge is 2.43. The van der Waals surface area contributed by atoms with E-state index in [1.165, 1.54) is 6.26 Å². The highest BCUT2D eigenvalue weighted by atomic mass is 16.7. The van der Waals surface area contributed by atoms with Crippen LogP contribution in [0.4, 0.5) is 0 Å². The number of hydrogen-bond acceptors (Lipinski definition) is 5. The summed E-state index contributed by atoms with van der Waals surface area (Å²) in [7, 11) is 0. The lowest BCUT2D eigenvalue weighted by Crippen LogP contribution is -2.37. The fourth-order valence-corrected chi connectivity index (χ4v) is 2.83. The van der Waals surface area contributed by atoms with Crippen LogP contribution in [0.25, 0.3) is 0 Å². The molecule has 0 saturated carbocycles. The minimum absolute atomic E-state index is 0.0488. The number of aliphatic hydroxyl groups is 2. The van der Waals surface area contributed by atoms with Gasteiger partial charge in [0.15, 0.2) is 0 Å². The second-order valence-electron chi connectivity index (χ2n) is 5.75. The Labute approximate surface area is 118 Å². The topological polar surface area (TPSA) is 76.0 Å². The molecule has 3 atom stereocenters. The normalized spacial score (nSPS) is 28.6. The lowest BCUT2D eigenvalue weighted by atomic mass is 9.84. The van der Waals surface area contributed by atoms with Gasteiger partial charge < -0.3 is 19.7 Å². The fraction of sp³-hybridized carbons (Fsp3) is 0.667. The summed E-state index contributed by atoms with van der Waals surface area (Å²) >= 11 is 0. The molecule has 0 amide bonds. The Hall–Kier alpha value is -1.33. The Morgan fingerprint density at radius 1 is 1.40 bits per heavy atom. The maximum absolute atomic E-state index is 11.8. The zero-order valence-corrected chi connectivity index (χ0v) is 11.9. The smallest absolute Gasteiger partial charge is 0.309 e. The monoisotopic (exact) mass is 282 g/mol. The zero-order valence-electron chi connectivity index (χ0n) is 11.9. The molecule has 0 aromatic heterocycles.